The normalized spacial score (nSPS) is 27.2. The molecule has 2 aliphatic rings. The molecule has 0 heterocycles. The van der Waals surface area contributed by atoms with E-state index in [1.807, 2.05) is 0 Å². The molecule has 0 N–H and O–H groups in total. The molecule has 7 heteroatoms. The molecule has 1 nitrogen and oxygen atoms in total. The summed E-state index contributed by atoms with van der Waals surface area (Å²) in [5, 5.41) is 0. The van der Waals surface area contributed by atoms with Crippen LogP contribution >= 0.6 is 0 Å². The predicted molar refractivity (Wildman–Crippen MR) is 117 cm³/mol. The van der Waals surface area contributed by atoms with Gasteiger partial charge in [-0.1, -0.05) is 50.8 Å². The minimum Gasteiger partial charge on any atom is -0.429 e. The Morgan fingerprint density at radius 1 is 0.909 bits per heavy atom. The molecule has 0 aliphatic heterocycles. The molecule has 0 unspecified atom stereocenters. The largest absolute Gasteiger partial charge is 0.429 e. The molecular formula is C26H34F6O. The van der Waals surface area contributed by atoms with Crippen LogP contribution in [0.5, 0.6) is 5.75 Å². The molecule has 0 aromatic heterocycles. The van der Waals surface area contributed by atoms with Crippen molar-refractivity contribution >= 4 is 6.08 Å². The second kappa shape index (κ2) is 10.7. The summed E-state index contributed by atoms with van der Waals surface area (Å²) in [7, 11) is 0. The van der Waals surface area contributed by atoms with E-state index >= 15 is 0 Å². The van der Waals surface area contributed by atoms with Crippen LogP contribution in [0.15, 0.2) is 18.2 Å². The van der Waals surface area contributed by atoms with Crippen LogP contribution in [0.25, 0.3) is 6.08 Å². The van der Waals surface area contributed by atoms with Gasteiger partial charge in [0, 0.05) is 0 Å². The van der Waals surface area contributed by atoms with Gasteiger partial charge in [0.1, 0.15) is 5.56 Å². The lowest BCUT2D eigenvalue weighted by Gasteiger charge is -2.39. The minimum atomic E-state index is -5.03. The molecule has 33 heavy (non-hydrogen) atoms. The van der Waals surface area contributed by atoms with E-state index in [0.29, 0.717) is 24.7 Å². The van der Waals surface area contributed by atoms with E-state index in [4.69, 9.17) is 0 Å². The van der Waals surface area contributed by atoms with Gasteiger partial charge in [-0.15, -0.1) is 0 Å². The van der Waals surface area contributed by atoms with E-state index in [-0.39, 0.29) is 12.8 Å². The second-order valence-corrected chi connectivity index (χ2v) is 9.68. The zero-order chi connectivity index (χ0) is 24.2. The van der Waals surface area contributed by atoms with E-state index in [9.17, 15) is 26.3 Å². The van der Waals surface area contributed by atoms with Crippen molar-refractivity contribution in [2.45, 2.75) is 90.3 Å². The monoisotopic (exact) mass is 476 g/mol. The van der Waals surface area contributed by atoms with Gasteiger partial charge >= 0.3 is 12.3 Å². The van der Waals surface area contributed by atoms with Crippen LogP contribution < -0.4 is 4.74 Å². The van der Waals surface area contributed by atoms with E-state index in [1.54, 1.807) is 0 Å². The molecule has 2 aliphatic carbocycles. The molecule has 0 spiro atoms. The summed E-state index contributed by atoms with van der Waals surface area (Å²) >= 11 is 0. The van der Waals surface area contributed by atoms with Gasteiger partial charge < -0.3 is 4.74 Å². The predicted octanol–water partition coefficient (Wildman–Crippen LogP) is 9.26. The van der Waals surface area contributed by atoms with Crippen molar-refractivity contribution in [3.8, 4) is 5.75 Å². The molecular weight excluding hydrogens is 442 g/mol. The summed E-state index contributed by atoms with van der Waals surface area (Å²) < 4.78 is 89.1. The number of ether oxygens (including phenoxy) is 1. The Bertz CT molecular complexity index is 800. The Morgan fingerprint density at radius 3 is 2.00 bits per heavy atom. The maximum absolute atomic E-state index is 14.9. The first-order valence-corrected chi connectivity index (χ1v) is 12.2. The van der Waals surface area contributed by atoms with Crippen molar-refractivity contribution in [2.24, 2.45) is 23.7 Å². The average Bonchev–Trinajstić information content (AvgIpc) is 2.76. The Kier molecular flexibility index (Phi) is 8.44. The lowest BCUT2D eigenvalue weighted by Crippen LogP contribution is -2.38. The molecule has 0 saturated heterocycles. The third kappa shape index (κ3) is 6.27. The summed E-state index contributed by atoms with van der Waals surface area (Å²) in [6.07, 6.45) is 2.61. The second-order valence-electron chi connectivity index (χ2n) is 9.68. The zero-order valence-corrected chi connectivity index (χ0v) is 19.4. The number of hydrogen-bond acceptors (Lipinski definition) is 1. The van der Waals surface area contributed by atoms with Gasteiger partial charge in [-0.3, -0.25) is 0 Å². The van der Waals surface area contributed by atoms with Gasteiger partial charge in [0.25, 0.3) is 0 Å². The van der Waals surface area contributed by atoms with Gasteiger partial charge in [-0.2, -0.15) is 22.0 Å². The molecule has 0 bridgehead atoms. The summed E-state index contributed by atoms with van der Waals surface area (Å²) in [5.74, 6) is -2.22. The number of halogens is 6. The van der Waals surface area contributed by atoms with Crippen molar-refractivity contribution < 1.29 is 31.1 Å². The van der Waals surface area contributed by atoms with Gasteiger partial charge in [0.2, 0.25) is 0 Å². The highest BCUT2D eigenvalue weighted by atomic mass is 19.4. The Hall–Kier alpha value is -1.66. The molecule has 0 radical (unpaired) electrons. The quantitative estimate of drug-likeness (QED) is 0.356. The SMILES string of the molecule is CC=Cc1ccc(OC(F)(F)C2CCC(C3CCC(CCC)CC3)CC2)c(F)c1C(F)(F)F. The minimum absolute atomic E-state index is 0.233. The highest BCUT2D eigenvalue weighted by Crippen LogP contribution is 2.47. The third-order valence-corrected chi connectivity index (χ3v) is 7.52. The van der Waals surface area contributed by atoms with Crippen molar-refractivity contribution in [2.75, 3.05) is 0 Å². The summed E-state index contributed by atoms with van der Waals surface area (Å²) in [6, 6.07) is 1.82. The Labute approximate surface area is 192 Å². The summed E-state index contributed by atoms with van der Waals surface area (Å²) in [4.78, 5) is 0. The summed E-state index contributed by atoms with van der Waals surface area (Å²) in [5.41, 5.74) is -2.01. The molecule has 0 atom stereocenters. The van der Waals surface area contributed by atoms with E-state index in [0.717, 1.165) is 37.0 Å². The fourth-order valence-electron chi connectivity index (χ4n) is 5.77. The Balaban J connectivity index is 1.64. The molecule has 2 fully saturated rings. The number of allylic oxidation sites excluding steroid dienone is 1. The number of benzene rings is 1. The lowest BCUT2D eigenvalue weighted by molar-refractivity contribution is -0.226. The van der Waals surface area contributed by atoms with Crippen molar-refractivity contribution in [1.29, 1.82) is 0 Å². The maximum Gasteiger partial charge on any atom is 0.419 e. The number of hydrogen-bond donors (Lipinski definition) is 0. The first-order chi connectivity index (χ1) is 15.6. The van der Waals surface area contributed by atoms with Crippen LogP contribution in [-0.2, 0) is 6.18 Å². The molecule has 186 valence electrons. The first kappa shape index (κ1) is 26.0. The third-order valence-electron chi connectivity index (χ3n) is 7.52. The number of rotatable bonds is 7. The number of alkyl halides is 5. The molecule has 1 aromatic carbocycles. The topological polar surface area (TPSA) is 9.23 Å². The van der Waals surface area contributed by atoms with E-state index in [2.05, 4.69) is 11.7 Å². The van der Waals surface area contributed by atoms with Crippen LogP contribution in [0.2, 0.25) is 0 Å². The van der Waals surface area contributed by atoms with Crippen LogP contribution in [-0.4, -0.2) is 6.11 Å². The fourth-order valence-corrected chi connectivity index (χ4v) is 5.77. The maximum atomic E-state index is 14.9. The van der Waals surface area contributed by atoms with Gasteiger partial charge in [-0.05, 0) is 74.8 Å². The highest BCUT2D eigenvalue weighted by Gasteiger charge is 2.46. The standard InChI is InChI=1S/C26H34F6O/c1-3-5-17-7-9-18(10-8-17)19-11-14-21(15-12-19)26(31,32)33-22-16-13-20(6-4-2)23(24(22)27)25(28,29)30/h4,6,13,16-19,21H,3,5,7-12,14-15H2,1-2H3. The summed E-state index contributed by atoms with van der Waals surface area (Å²) in [6.45, 7) is 3.69. The van der Waals surface area contributed by atoms with Crippen molar-refractivity contribution in [1.82, 2.24) is 0 Å². The lowest BCUT2D eigenvalue weighted by atomic mass is 9.68. The van der Waals surface area contributed by atoms with Gasteiger partial charge in [-0.25, -0.2) is 4.39 Å². The molecule has 0 amide bonds. The average molecular weight is 477 g/mol. The molecule has 2 saturated carbocycles. The van der Waals surface area contributed by atoms with Gasteiger partial charge in [0.05, 0.1) is 5.92 Å². The fraction of sp³-hybridized carbons (Fsp3) is 0.692. The van der Waals surface area contributed by atoms with E-state index in [1.165, 1.54) is 38.7 Å². The van der Waals surface area contributed by atoms with Crippen LogP contribution in [0.3, 0.4) is 0 Å². The van der Waals surface area contributed by atoms with Crippen molar-refractivity contribution in [3.63, 3.8) is 0 Å². The molecule has 1 aromatic rings. The van der Waals surface area contributed by atoms with Crippen LogP contribution in [0, 0.1) is 29.5 Å². The van der Waals surface area contributed by atoms with Crippen LogP contribution in [0.4, 0.5) is 26.3 Å². The smallest absolute Gasteiger partial charge is 0.419 e. The van der Waals surface area contributed by atoms with E-state index < -0.39 is 40.9 Å². The zero-order valence-electron chi connectivity index (χ0n) is 19.4. The van der Waals surface area contributed by atoms with Crippen molar-refractivity contribution in [3.05, 3.63) is 35.2 Å². The van der Waals surface area contributed by atoms with Gasteiger partial charge in [0.15, 0.2) is 11.6 Å². The highest BCUT2D eigenvalue weighted by molar-refractivity contribution is 5.57. The van der Waals surface area contributed by atoms with Crippen LogP contribution in [0.1, 0.15) is 89.2 Å². The Morgan fingerprint density at radius 2 is 1.48 bits per heavy atom. The molecule has 3 rings (SSSR count). The first-order valence-electron chi connectivity index (χ1n) is 12.2.